The molecule has 0 aliphatic carbocycles. The second kappa shape index (κ2) is 6.13. The normalized spacial score (nSPS) is 10.4. The number of anilines is 2. The van der Waals surface area contributed by atoms with Crippen molar-refractivity contribution in [2.75, 3.05) is 17.7 Å². The number of carbonyl (C=O) groups excluding carboxylic acids is 1. The smallest absolute Gasteiger partial charge is 0.340 e. The Morgan fingerprint density at radius 2 is 2.18 bits per heavy atom. The molecule has 1 aromatic carbocycles. The number of nitrogens with one attached hydrogen (secondary N) is 1. The largest absolute Gasteiger partial charge is 0.462 e. The lowest BCUT2D eigenvalue weighted by Gasteiger charge is -2.14. The minimum atomic E-state index is -0.331. The number of hydrogen-bond donors (Lipinski definition) is 2. The average molecular weight is 236 g/mol. The summed E-state index contributed by atoms with van der Waals surface area (Å²) in [6, 6.07) is 5.46. The summed E-state index contributed by atoms with van der Waals surface area (Å²) in [4.78, 5) is 11.8. The van der Waals surface area contributed by atoms with Gasteiger partial charge in [0, 0.05) is 17.4 Å². The Kier molecular flexibility index (Phi) is 4.82. The Morgan fingerprint density at radius 1 is 1.47 bits per heavy atom. The van der Waals surface area contributed by atoms with Crippen molar-refractivity contribution >= 4 is 17.3 Å². The van der Waals surface area contributed by atoms with Crippen molar-refractivity contribution in [2.24, 2.45) is 0 Å². The lowest BCUT2D eigenvalue weighted by Crippen LogP contribution is -2.15. The molecule has 1 rings (SSSR count). The maximum Gasteiger partial charge on any atom is 0.340 e. The van der Waals surface area contributed by atoms with Crippen LogP contribution in [0.25, 0.3) is 0 Å². The fourth-order valence-electron chi connectivity index (χ4n) is 1.44. The van der Waals surface area contributed by atoms with E-state index in [1.165, 1.54) is 0 Å². The molecule has 0 heterocycles. The average Bonchev–Trinajstić information content (AvgIpc) is 2.27. The summed E-state index contributed by atoms with van der Waals surface area (Å²) in [5.41, 5.74) is 7.50. The molecule has 4 nitrogen and oxygen atoms in total. The van der Waals surface area contributed by atoms with Gasteiger partial charge >= 0.3 is 5.97 Å². The third-order valence-electron chi connectivity index (χ3n) is 2.14. The summed E-state index contributed by atoms with van der Waals surface area (Å²) in [7, 11) is 0. The maximum absolute atomic E-state index is 11.8. The first-order valence-electron chi connectivity index (χ1n) is 5.87. The van der Waals surface area contributed by atoms with Crippen LogP contribution < -0.4 is 11.1 Å². The highest BCUT2D eigenvalue weighted by Gasteiger charge is 2.13. The van der Waals surface area contributed by atoms with Crippen molar-refractivity contribution in [3.8, 4) is 0 Å². The third kappa shape index (κ3) is 3.98. The molecule has 3 N–H and O–H groups in total. The van der Waals surface area contributed by atoms with Crippen LogP contribution in [-0.4, -0.2) is 18.6 Å². The summed E-state index contributed by atoms with van der Waals surface area (Å²) >= 11 is 0. The topological polar surface area (TPSA) is 64.3 Å². The van der Waals surface area contributed by atoms with Crippen LogP contribution in [0.5, 0.6) is 0 Å². The molecule has 0 aliphatic rings. The summed E-state index contributed by atoms with van der Waals surface area (Å²) in [5, 5.41) is 3.20. The van der Waals surface area contributed by atoms with Gasteiger partial charge in [-0.15, -0.1) is 0 Å². The van der Waals surface area contributed by atoms with E-state index in [1.54, 1.807) is 18.2 Å². The fraction of sp³-hybridized carbons (Fsp3) is 0.462. The minimum Gasteiger partial charge on any atom is -0.462 e. The number of nitrogens with two attached hydrogens (primary N) is 1. The lowest BCUT2D eigenvalue weighted by atomic mass is 10.1. The first-order chi connectivity index (χ1) is 8.04. The minimum absolute atomic E-state index is 0.247. The molecule has 0 spiro atoms. The summed E-state index contributed by atoms with van der Waals surface area (Å²) < 4.78 is 5.12. The Hall–Kier alpha value is -1.71. The number of hydrogen-bond acceptors (Lipinski definition) is 4. The number of rotatable bonds is 5. The highest BCUT2D eigenvalue weighted by molar-refractivity contribution is 5.96. The van der Waals surface area contributed by atoms with Gasteiger partial charge in [0.25, 0.3) is 0 Å². The monoisotopic (exact) mass is 236 g/mol. The zero-order chi connectivity index (χ0) is 12.8. The van der Waals surface area contributed by atoms with E-state index >= 15 is 0 Å². The van der Waals surface area contributed by atoms with Crippen molar-refractivity contribution in [2.45, 2.75) is 33.2 Å². The zero-order valence-electron chi connectivity index (χ0n) is 10.6. The van der Waals surface area contributed by atoms with Crippen LogP contribution in [0.4, 0.5) is 11.4 Å². The molecule has 0 aromatic heterocycles. The standard InChI is InChI=1S/C13H20N2O2/c1-4-7-17-13(16)11-8-10(14)5-6-12(11)15-9(2)3/h5-6,8-9,15H,4,7,14H2,1-3H3. The second-order valence-corrected chi connectivity index (χ2v) is 4.24. The predicted molar refractivity (Wildman–Crippen MR) is 70.2 cm³/mol. The molecule has 0 radical (unpaired) electrons. The van der Waals surface area contributed by atoms with Crippen LogP contribution in [0.2, 0.25) is 0 Å². The van der Waals surface area contributed by atoms with Crippen LogP contribution in [0.3, 0.4) is 0 Å². The van der Waals surface area contributed by atoms with Crippen molar-refractivity contribution in [3.05, 3.63) is 23.8 Å². The molecule has 94 valence electrons. The van der Waals surface area contributed by atoms with Gasteiger partial charge in [0.05, 0.1) is 12.2 Å². The summed E-state index contributed by atoms with van der Waals surface area (Å²) in [5.74, 6) is -0.331. The molecular formula is C13H20N2O2. The van der Waals surface area contributed by atoms with E-state index in [2.05, 4.69) is 5.32 Å². The molecular weight excluding hydrogens is 216 g/mol. The molecule has 0 fully saturated rings. The van der Waals surface area contributed by atoms with E-state index in [1.807, 2.05) is 20.8 Å². The van der Waals surface area contributed by atoms with Gasteiger partial charge < -0.3 is 15.8 Å². The van der Waals surface area contributed by atoms with Gasteiger partial charge in [-0.3, -0.25) is 0 Å². The molecule has 0 saturated carbocycles. The molecule has 17 heavy (non-hydrogen) atoms. The van der Waals surface area contributed by atoms with E-state index < -0.39 is 0 Å². The molecule has 0 saturated heterocycles. The zero-order valence-corrected chi connectivity index (χ0v) is 10.6. The van der Waals surface area contributed by atoms with E-state index in [-0.39, 0.29) is 12.0 Å². The second-order valence-electron chi connectivity index (χ2n) is 4.24. The molecule has 0 unspecified atom stereocenters. The third-order valence-corrected chi connectivity index (χ3v) is 2.14. The number of esters is 1. The van der Waals surface area contributed by atoms with Crippen molar-refractivity contribution in [1.82, 2.24) is 0 Å². The molecule has 0 aliphatic heterocycles. The lowest BCUT2D eigenvalue weighted by molar-refractivity contribution is 0.0506. The Balaban J connectivity index is 2.93. The molecule has 1 aromatic rings. The quantitative estimate of drug-likeness (QED) is 0.609. The number of benzene rings is 1. The van der Waals surface area contributed by atoms with Gasteiger partial charge in [-0.2, -0.15) is 0 Å². The number of nitrogen functional groups attached to an aromatic ring is 1. The van der Waals surface area contributed by atoms with Crippen LogP contribution in [-0.2, 0) is 4.74 Å². The van der Waals surface area contributed by atoms with Gasteiger partial charge in [0.2, 0.25) is 0 Å². The van der Waals surface area contributed by atoms with Gasteiger partial charge in [-0.1, -0.05) is 6.92 Å². The van der Waals surface area contributed by atoms with E-state index in [4.69, 9.17) is 10.5 Å². The van der Waals surface area contributed by atoms with Gasteiger partial charge in [-0.25, -0.2) is 4.79 Å². The van der Waals surface area contributed by atoms with Gasteiger partial charge in [0.15, 0.2) is 0 Å². The van der Waals surface area contributed by atoms with Crippen LogP contribution in [0.1, 0.15) is 37.6 Å². The maximum atomic E-state index is 11.8. The summed E-state index contributed by atoms with van der Waals surface area (Å²) in [6.45, 7) is 6.41. The number of ether oxygens (including phenoxy) is 1. The first kappa shape index (κ1) is 13.4. The van der Waals surface area contributed by atoms with Crippen LogP contribution in [0, 0.1) is 0 Å². The van der Waals surface area contributed by atoms with E-state index in [0.29, 0.717) is 17.9 Å². The van der Waals surface area contributed by atoms with Crippen molar-refractivity contribution < 1.29 is 9.53 Å². The Labute approximate surface area is 102 Å². The van der Waals surface area contributed by atoms with Gasteiger partial charge in [-0.05, 0) is 38.5 Å². The summed E-state index contributed by atoms with van der Waals surface area (Å²) in [6.07, 6.45) is 0.807. The molecule has 0 amide bonds. The van der Waals surface area contributed by atoms with Gasteiger partial charge in [0.1, 0.15) is 0 Å². The van der Waals surface area contributed by atoms with E-state index in [9.17, 15) is 4.79 Å². The van der Waals surface area contributed by atoms with Crippen molar-refractivity contribution in [1.29, 1.82) is 0 Å². The van der Waals surface area contributed by atoms with Crippen LogP contribution >= 0.6 is 0 Å². The van der Waals surface area contributed by atoms with Crippen LogP contribution in [0.15, 0.2) is 18.2 Å². The first-order valence-corrected chi connectivity index (χ1v) is 5.87. The van der Waals surface area contributed by atoms with E-state index in [0.717, 1.165) is 12.1 Å². The molecule has 4 heteroatoms. The molecule has 0 bridgehead atoms. The Morgan fingerprint density at radius 3 is 2.76 bits per heavy atom. The van der Waals surface area contributed by atoms with Crippen molar-refractivity contribution in [3.63, 3.8) is 0 Å². The highest BCUT2D eigenvalue weighted by atomic mass is 16.5. The highest BCUT2D eigenvalue weighted by Crippen LogP contribution is 2.20. The Bertz CT molecular complexity index is 389. The fourth-order valence-corrected chi connectivity index (χ4v) is 1.44. The SMILES string of the molecule is CCCOC(=O)c1cc(N)ccc1NC(C)C. The number of carbonyl (C=O) groups is 1. The molecule has 0 atom stereocenters. The predicted octanol–water partition coefficient (Wildman–Crippen LogP) is 2.66.